The van der Waals surface area contributed by atoms with Crippen LogP contribution in [0.4, 0.5) is 0 Å². The monoisotopic (exact) mass is 352 g/mol. The molecule has 0 aliphatic carbocycles. The summed E-state index contributed by atoms with van der Waals surface area (Å²) in [4.78, 5) is 11.8. The SMILES string of the molecule is CN1CCC(Cc2ncc(S(C)(=O)=O)c([C@H]3CCCNC3)n2)CC1. The first-order chi connectivity index (χ1) is 11.4. The van der Waals surface area contributed by atoms with Crippen molar-refractivity contribution in [2.45, 2.75) is 42.9 Å². The molecule has 0 spiro atoms. The van der Waals surface area contributed by atoms with Crippen molar-refractivity contribution in [3.8, 4) is 0 Å². The van der Waals surface area contributed by atoms with Crippen molar-refractivity contribution in [1.29, 1.82) is 0 Å². The Morgan fingerprint density at radius 1 is 1.29 bits per heavy atom. The number of piperidine rings is 2. The van der Waals surface area contributed by atoms with Crippen LogP contribution in [-0.4, -0.2) is 62.8 Å². The number of hydrogen-bond donors (Lipinski definition) is 1. The summed E-state index contributed by atoms with van der Waals surface area (Å²) in [6.45, 7) is 4.03. The lowest BCUT2D eigenvalue weighted by Crippen LogP contribution is -2.32. The first kappa shape index (κ1) is 17.8. The minimum Gasteiger partial charge on any atom is -0.316 e. The van der Waals surface area contributed by atoms with Gasteiger partial charge in [-0.05, 0) is 58.3 Å². The molecule has 7 heteroatoms. The number of rotatable bonds is 4. The normalized spacial score (nSPS) is 24.2. The molecule has 24 heavy (non-hydrogen) atoms. The van der Waals surface area contributed by atoms with Crippen molar-refractivity contribution in [1.82, 2.24) is 20.2 Å². The lowest BCUT2D eigenvalue weighted by atomic mass is 9.93. The first-order valence-electron chi connectivity index (χ1n) is 8.88. The summed E-state index contributed by atoms with van der Waals surface area (Å²) in [5.41, 5.74) is 0.725. The summed E-state index contributed by atoms with van der Waals surface area (Å²) in [5, 5.41) is 3.36. The molecule has 0 saturated carbocycles. The molecule has 0 bridgehead atoms. The van der Waals surface area contributed by atoms with E-state index in [2.05, 4.69) is 22.2 Å². The Labute approximate surface area is 145 Å². The van der Waals surface area contributed by atoms with Crippen LogP contribution in [-0.2, 0) is 16.3 Å². The van der Waals surface area contributed by atoms with Gasteiger partial charge >= 0.3 is 0 Å². The molecule has 1 N–H and O–H groups in total. The fourth-order valence-electron chi connectivity index (χ4n) is 3.71. The predicted octanol–water partition coefficient (Wildman–Crippen LogP) is 1.23. The third-order valence-electron chi connectivity index (χ3n) is 5.23. The van der Waals surface area contributed by atoms with Gasteiger partial charge in [-0.3, -0.25) is 0 Å². The van der Waals surface area contributed by atoms with Gasteiger partial charge in [-0.2, -0.15) is 0 Å². The zero-order valence-electron chi connectivity index (χ0n) is 14.7. The van der Waals surface area contributed by atoms with Crippen molar-refractivity contribution in [2.24, 2.45) is 5.92 Å². The summed E-state index contributed by atoms with van der Waals surface area (Å²) in [6.07, 6.45) is 8.01. The second-order valence-corrected chi connectivity index (χ2v) is 9.29. The Morgan fingerprint density at radius 2 is 2.04 bits per heavy atom. The molecular formula is C17H28N4O2S. The maximum absolute atomic E-state index is 12.1. The van der Waals surface area contributed by atoms with E-state index < -0.39 is 9.84 Å². The quantitative estimate of drug-likeness (QED) is 0.878. The largest absolute Gasteiger partial charge is 0.316 e. The van der Waals surface area contributed by atoms with Crippen LogP contribution in [0, 0.1) is 5.92 Å². The van der Waals surface area contributed by atoms with Crippen LogP contribution in [0.1, 0.15) is 43.1 Å². The van der Waals surface area contributed by atoms with Gasteiger partial charge in [0, 0.05) is 31.3 Å². The molecule has 0 aromatic carbocycles. The fraction of sp³-hybridized carbons (Fsp3) is 0.765. The first-order valence-corrected chi connectivity index (χ1v) is 10.8. The van der Waals surface area contributed by atoms with E-state index in [0.717, 1.165) is 69.8 Å². The highest BCUT2D eigenvalue weighted by atomic mass is 32.2. The van der Waals surface area contributed by atoms with E-state index in [1.807, 2.05) is 0 Å². The molecule has 6 nitrogen and oxygen atoms in total. The maximum atomic E-state index is 12.1. The number of sulfone groups is 1. The van der Waals surface area contributed by atoms with E-state index in [1.54, 1.807) is 0 Å². The summed E-state index contributed by atoms with van der Waals surface area (Å²) in [6, 6.07) is 0. The van der Waals surface area contributed by atoms with E-state index in [4.69, 9.17) is 4.98 Å². The third kappa shape index (κ3) is 4.32. The fourth-order valence-corrected chi connectivity index (χ4v) is 4.54. The van der Waals surface area contributed by atoms with Crippen molar-refractivity contribution in [3.05, 3.63) is 17.7 Å². The molecule has 2 fully saturated rings. The average molecular weight is 353 g/mol. The highest BCUT2D eigenvalue weighted by Crippen LogP contribution is 2.28. The Kier molecular flexibility index (Phi) is 5.52. The molecular weight excluding hydrogens is 324 g/mol. The second kappa shape index (κ2) is 7.45. The Morgan fingerprint density at radius 3 is 2.67 bits per heavy atom. The number of nitrogens with zero attached hydrogens (tertiary/aromatic N) is 3. The van der Waals surface area contributed by atoms with Crippen LogP contribution in [0.25, 0.3) is 0 Å². The number of aromatic nitrogens is 2. The zero-order chi connectivity index (χ0) is 17.2. The van der Waals surface area contributed by atoms with Gasteiger partial charge in [0.2, 0.25) is 0 Å². The summed E-state index contributed by atoms with van der Waals surface area (Å²) in [5.74, 6) is 1.57. The summed E-state index contributed by atoms with van der Waals surface area (Å²) >= 11 is 0. The van der Waals surface area contributed by atoms with Gasteiger partial charge in [-0.1, -0.05) is 0 Å². The van der Waals surface area contributed by atoms with Gasteiger partial charge in [-0.25, -0.2) is 18.4 Å². The van der Waals surface area contributed by atoms with Crippen LogP contribution in [0.5, 0.6) is 0 Å². The molecule has 2 saturated heterocycles. The predicted molar refractivity (Wildman–Crippen MR) is 93.9 cm³/mol. The van der Waals surface area contributed by atoms with Gasteiger partial charge in [0.15, 0.2) is 9.84 Å². The third-order valence-corrected chi connectivity index (χ3v) is 6.34. The van der Waals surface area contributed by atoms with Gasteiger partial charge < -0.3 is 10.2 Å². The maximum Gasteiger partial charge on any atom is 0.178 e. The molecule has 134 valence electrons. The van der Waals surface area contributed by atoms with Gasteiger partial charge in [0.05, 0.1) is 5.69 Å². The lowest BCUT2D eigenvalue weighted by Gasteiger charge is -2.29. The molecule has 1 aromatic heterocycles. The minimum atomic E-state index is -3.30. The minimum absolute atomic E-state index is 0.169. The number of likely N-dealkylation sites (tertiary alicyclic amines) is 1. The van der Waals surface area contributed by atoms with Crippen molar-refractivity contribution in [2.75, 3.05) is 39.5 Å². The Bertz CT molecular complexity index is 663. The van der Waals surface area contributed by atoms with Gasteiger partial charge in [-0.15, -0.1) is 0 Å². The number of hydrogen-bond acceptors (Lipinski definition) is 6. The van der Waals surface area contributed by atoms with E-state index in [9.17, 15) is 8.42 Å². The van der Waals surface area contributed by atoms with Crippen LogP contribution in [0.2, 0.25) is 0 Å². The topological polar surface area (TPSA) is 75.2 Å². The standard InChI is InChI=1S/C17H28N4O2S/c1-21-8-5-13(6-9-21)10-16-19-12-15(24(2,22)23)17(20-16)14-4-3-7-18-11-14/h12-14,18H,3-11H2,1-2H3/t14-/m0/s1. The highest BCUT2D eigenvalue weighted by Gasteiger charge is 2.26. The van der Waals surface area contributed by atoms with Crippen molar-refractivity contribution >= 4 is 9.84 Å². The van der Waals surface area contributed by atoms with Crippen molar-refractivity contribution < 1.29 is 8.42 Å². The smallest absolute Gasteiger partial charge is 0.178 e. The van der Waals surface area contributed by atoms with Crippen LogP contribution < -0.4 is 5.32 Å². The molecule has 1 aromatic rings. The zero-order valence-corrected chi connectivity index (χ0v) is 15.5. The lowest BCUT2D eigenvalue weighted by molar-refractivity contribution is 0.217. The molecule has 0 unspecified atom stereocenters. The number of nitrogens with one attached hydrogen (secondary N) is 1. The highest BCUT2D eigenvalue weighted by molar-refractivity contribution is 7.90. The van der Waals surface area contributed by atoms with E-state index >= 15 is 0 Å². The second-order valence-electron chi connectivity index (χ2n) is 7.30. The molecule has 3 heterocycles. The van der Waals surface area contributed by atoms with Crippen LogP contribution in [0.15, 0.2) is 11.1 Å². The average Bonchev–Trinajstić information content (AvgIpc) is 2.57. The molecule has 3 rings (SSSR count). The Balaban J connectivity index is 1.83. The molecule has 2 aliphatic rings. The molecule has 2 aliphatic heterocycles. The van der Waals surface area contributed by atoms with E-state index in [1.165, 1.54) is 12.5 Å². The van der Waals surface area contributed by atoms with Crippen LogP contribution >= 0.6 is 0 Å². The molecule has 0 amide bonds. The van der Waals surface area contributed by atoms with E-state index in [-0.39, 0.29) is 5.92 Å². The van der Waals surface area contributed by atoms with Crippen molar-refractivity contribution in [3.63, 3.8) is 0 Å². The van der Waals surface area contributed by atoms with Gasteiger partial charge in [0.25, 0.3) is 0 Å². The molecule has 0 radical (unpaired) electrons. The summed E-state index contributed by atoms with van der Waals surface area (Å²) in [7, 11) is -1.14. The Hall–Kier alpha value is -1.05. The van der Waals surface area contributed by atoms with Gasteiger partial charge in [0.1, 0.15) is 10.7 Å². The molecule has 1 atom stereocenters. The van der Waals surface area contributed by atoms with E-state index in [0.29, 0.717) is 10.8 Å². The summed E-state index contributed by atoms with van der Waals surface area (Å²) < 4.78 is 24.3. The van der Waals surface area contributed by atoms with Crippen LogP contribution in [0.3, 0.4) is 0 Å².